The lowest BCUT2D eigenvalue weighted by Crippen LogP contribution is -2.11. The Bertz CT molecular complexity index is 1040. The van der Waals surface area contributed by atoms with Crippen LogP contribution in [0, 0.1) is 0 Å². The maximum atomic E-state index is 13.0. The van der Waals surface area contributed by atoms with E-state index in [1.165, 1.54) is 18.6 Å². The summed E-state index contributed by atoms with van der Waals surface area (Å²) in [7, 11) is -2.89. The van der Waals surface area contributed by atoms with Gasteiger partial charge in [0, 0.05) is 18.0 Å². The summed E-state index contributed by atoms with van der Waals surface area (Å²) in [6.45, 7) is 1.61. The number of pyridine rings is 1. The highest BCUT2D eigenvalue weighted by Gasteiger charge is 2.32. The van der Waals surface area contributed by atoms with E-state index in [4.69, 9.17) is 4.42 Å². The molecule has 0 saturated carbocycles. The molecule has 142 valence electrons. The second kappa shape index (κ2) is 7.15. The zero-order chi connectivity index (χ0) is 19.7. The van der Waals surface area contributed by atoms with Gasteiger partial charge in [0.15, 0.2) is 0 Å². The monoisotopic (exact) mass is 395 g/mol. The highest BCUT2D eigenvalue weighted by Crippen LogP contribution is 2.31. The zero-order valence-electron chi connectivity index (χ0n) is 14.5. The first kappa shape index (κ1) is 19.1. The molecule has 0 saturated heterocycles. The highest BCUT2D eigenvalue weighted by molar-refractivity contribution is 7.93. The standard InChI is InChI=1S/C18H16F3N3O2S/c1-12(14-8-9-16(22-10-14)18(19,20)21)27(2,25)24-17-23-15(11-26-17)13-6-4-3-5-7-13/h3-12H,1-2H3. The van der Waals surface area contributed by atoms with Crippen LogP contribution in [0.5, 0.6) is 0 Å². The van der Waals surface area contributed by atoms with Crippen LogP contribution < -0.4 is 0 Å². The smallest absolute Gasteiger partial charge is 0.429 e. The molecule has 2 heterocycles. The van der Waals surface area contributed by atoms with Crippen LogP contribution in [0.4, 0.5) is 19.2 Å². The van der Waals surface area contributed by atoms with Crippen molar-refractivity contribution in [1.82, 2.24) is 9.97 Å². The van der Waals surface area contributed by atoms with Crippen LogP contribution in [-0.4, -0.2) is 20.4 Å². The second-order valence-corrected chi connectivity index (χ2v) is 8.56. The van der Waals surface area contributed by atoms with Gasteiger partial charge in [-0.05, 0) is 18.6 Å². The third-order valence-corrected chi connectivity index (χ3v) is 6.13. The lowest BCUT2D eigenvalue weighted by atomic mass is 10.2. The summed E-state index contributed by atoms with van der Waals surface area (Å²) in [5.74, 6) is 0. The van der Waals surface area contributed by atoms with Crippen LogP contribution in [-0.2, 0) is 15.9 Å². The number of aromatic nitrogens is 2. The van der Waals surface area contributed by atoms with Gasteiger partial charge in [0.2, 0.25) is 0 Å². The maximum Gasteiger partial charge on any atom is 0.433 e. The van der Waals surface area contributed by atoms with Crippen molar-refractivity contribution in [2.24, 2.45) is 4.36 Å². The summed E-state index contributed by atoms with van der Waals surface area (Å²) < 4.78 is 60.2. The number of rotatable bonds is 4. The van der Waals surface area contributed by atoms with E-state index in [2.05, 4.69) is 14.3 Å². The molecule has 0 radical (unpaired) electrons. The van der Waals surface area contributed by atoms with Crippen LogP contribution in [0.3, 0.4) is 0 Å². The van der Waals surface area contributed by atoms with E-state index < -0.39 is 26.8 Å². The average Bonchev–Trinajstić information content (AvgIpc) is 3.09. The zero-order valence-corrected chi connectivity index (χ0v) is 15.3. The molecule has 0 aliphatic carbocycles. The van der Waals surface area contributed by atoms with Crippen molar-refractivity contribution >= 4 is 15.7 Å². The predicted octanol–water partition coefficient (Wildman–Crippen LogP) is 5.25. The highest BCUT2D eigenvalue weighted by atomic mass is 32.2. The molecular weight excluding hydrogens is 379 g/mol. The van der Waals surface area contributed by atoms with Crippen molar-refractivity contribution in [3.8, 4) is 11.3 Å². The second-order valence-electron chi connectivity index (χ2n) is 5.95. The van der Waals surface area contributed by atoms with E-state index in [1.807, 2.05) is 30.3 Å². The van der Waals surface area contributed by atoms with E-state index in [-0.39, 0.29) is 6.01 Å². The molecule has 3 rings (SSSR count). The number of oxazole rings is 1. The van der Waals surface area contributed by atoms with Crippen LogP contribution >= 0.6 is 0 Å². The van der Waals surface area contributed by atoms with Gasteiger partial charge >= 0.3 is 12.2 Å². The summed E-state index contributed by atoms with van der Waals surface area (Å²) >= 11 is 0. The normalized spacial score (nSPS) is 15.1. The first-order valence-corrected chi connectivity index (χ1v) is 9.90. The number of alkyl halides is 3. The average molecular weight is 395 g/mol. The van der Waals surface area contributed by atoms with Gasteiger partial charge < -0.3 is 4.42 Å². The lowest BCUT2D eigenvalue weighted by molar-refractivity contribution is -0.141. The van der Waals surface area contributed by atoms with Gasteiger partial charge in [-0.25, -0.2) is 4.21 Å². The minimum atomic E-state index is -4.52. The van der Waals surface area contributed by atoms with Gasteiger partial charge in [-0.15, -0.1) is 4.36 Å². The fourth-order valence-corrected chi connectivity index (χ4v) is 3.54. The van der Waals surface area contributed by atoms with Gasteiger partial charge in [0.05, 0.1) is 15.0 Å². The summed E-state index contributed by atoms with van der Waals surface area (Å²) in [5, 5.41) is -0.667. The molecule has 0 aliphatic heterocycles. The Morgan fingerprint density at radius 1 is 1.15 bits per heavy atom. The van der Waals surface area contributed by atoms with E-state index in [9.17, 15) is 17.4 Å². The molecule has 2 atom stereocenters. The van der Waals surface area contributed by atoms with Crippen molar-refractivity contribution in [3.05, 3.63) is 66.2 Å². The molecule has 0 aliphatic rings. The molecule has 27 heavy (non-hydrogen) atoms. The Kier molecular flexibility index (Phi) is 5.05. The number of benzene rings is 1. The molecular formula is C18H16F3N3O2S. The fraction of sp³-hybridized carbons (Fsp3) is 0.222. The quantitative estimate of drug-likeness (QED) is 0.605. The molecule has 0 fully saturated rings. The van der Waals surface area contributed by atoms with Gasteiger partial charge in [-0.3, -0.25) is 4.98 Å². The number of hydrogen-bond donors (Lipinski definition) is 0. The third-order valence-electron chi connectivity index (χ3n) is 4.02. The predicted molar refractivity (Wildman–Crippen MR) is 95.7 cm³/mol. The van der Waals surface area contributed by atoms with Crippen LogP contribution in [0.15, 0.2) is 63.7 Å². The Morgan fingerprint density at radius 3 is 2.44 bits per heavy atom. The molecule has 0 spiro atoms. The van der Waals surface area contributed by atoms with E-state index >= 15 is 0 Å². The molecule has 0 amide bonds. The van der Waals surface area contributed by atoms with Crippen molar-refractivity contribution < 1.29 is 21.8 Å². The van der Waals surface area contributed by atoms with Gasteiger partial charge in [-0.1, -0.05) is 36.4 Å². The first-order valence-electron chi connectivity index (χ1n) is 7.92. The topological polar surface area (TPSA) is 68.3 Å². The van der Waals surface area contributed by atoms with Crippen molar-refractivity contribution in [2.75, 3.05) is 6.26 Å². The molecule has 1 aromatic carbocycles. The van der Waals surface area contributed by atoms with Crippen LogP contribution in [0.1, 0.15) is 23.4 Å². The van der Waals surface area contributed by atoms with Crippen molar-refractivity contribution in [3.63, 3.8) is 0 Å². The summed E-state index contributed by atoms with van der Waals surface area (Å²) in [6.07, 6.45) is -0.640. The Balaban J connectivity index is 1.87. The molecule has 5 nitrogen and oxygen atoms in total. The molecule has 0 bridgehead atoms. The summed E-state index contributed by atoms with van der Waals surface area (Å²) in [5.41, 5.74) is 0.756. The van der Waals surface area contributed by atoms with Crippen molar-refractivity contribution in [1.29, 1.82) is 0 Å². The molecule has 2 unspecified atom stereocenters. The van der Waals surface area contributed by atoms with Gasteiger partial charge in [0.1, 0.15) is 17.7 Å². The SMILES string of the molecule is CC(c1ccc(C(F)(F)F)nc1)S(C)(=O)=Nc1nc(-c2ccccc2)co1. The molecule has 3 aromatic rings. The van der Waals surface area contributed by atoms with Gasteiger partial charge in [-0.2, -0.15) is 18.2 Å². The Morgan fingerprint density at radius 2 is 1.85 bits per heavy atom. The van der Waals surface area contributed by atoms with E-state index in [1.54, 1.807) is 6.92 Å². The summed E-state index contributed by atoms with van der Waals surface area (Å²) in [6, 6.07) is 11.3. The fourth-order valence-electron chi connectivity index (χ4n) is 2.35. The van der Waals surface area contributed by atoms with E-state index in [0.717, 1.165) is 17.8 Å². The number of halogens is 3. The molecule has 9 heteroatoms. The van der Waals surface area contributed by atoms with Crippen LogP contribution in [0.2, 0.25) is 0 Å². The summed E-state index contributed by atoms with van der Waals surface area (Å²) in [4.78, 5) is 7.62. The number of hydrogen-bond acceptors (Lipinski definition) is 5. The maximum absolute atomic E-state index is 13.0. The Hall–Kier alpha value is -2.68. The van der Waals surface area contributed by atoms with E-state index in [0.29, 0.717) is 11.3 Å². The minimum absolute atomic E-state index is 0.0481. The third kappa shape index (κ3) is 4.36. The van der Waals surface area contributed by atoms with Crippen LogP contribution in [0.25, 0.3) is 11.3 Å². The van der Waals surface area contributed by atoms with Crippen molar-refractivity contribution in [2.45, 2.75) is 18.3 Å². The number of nitrogens with zero attached hydrogens (tertiary/aromatic N) is 3. The lowest BCUT2D eigenvalue weighted by Gasteiger charge is -2.14. The largest absolute Gasteiger partial charge is 0.433 e. The Labute approximate surface area is 154 Å². The minimum Gasteiger partial charge on any atom is -0.429 e. The molecule has 2 aromatic heterocycles. The van der Waals surface area contributed by atoms with Gasteiger partial charge in [0.25, 0.3) is 0 Å². The first-order chi connectivity index (χ1) is 12.7. The molecule has 0 N–H and O–H groups in total.